The zero-order valence-electron chi connectivity index (χ0n) is 19.0. The van der Waals surface area contributed by atoms with Gasteiger partial charge in [-0.2, -0.15) is 5.10 Å². The van der Waals surface area contributed by atoms with Crippen molar-refractivity contribution in [2.75, 3.05) is 33.5 Å². The maximum absolute atomic E-state index is 13.1. The molecule has 1 N–H and O–H groups in total. The minimum absolute atomic E-state index is 0.0765. The molecule has 1 aromatic carbocycles. The highest BCUT2D eigenvalue weighted by molar-refractivity contribution is 5.97. The fourth-order valence-electron chi connectivity index (χ4n) is 4.65. The van der Waals surface area contributed by atoms with Crippen LogP contribution in [0.25, 0.3) is 5.69 Å². The number of aromatic nitrogens is 2. The SMILES string of the molecule is CCCOC(=O)c1cccc(-n2nc(CC)c3c2CC2(CCOCC2)CNC3=O)c1OC. The van der Waals surface area contributed by atoms with E-state index in [4.69, 9.17) is 19.3 Å². The largest absolute Gasteiger partial charge is 0.494 e. The lowest BCUT2D eigenvalue weighted by molar-refractivity contribution is 0.0154. The van der Waals surface area contributed by atoms with E-state index in [2.05, 4.69) is 5.32 Å². The van der Waals surface area contributed by atoms with E-state index in [1.165, 1.54) is 7.11 Å². The van der Waals surface area contributed by atoms with Gasteiger partial charge in [0.1, 0.15) is 11.3 Å². The first-order valence-electron chi connectivity index (χ1n) is 11.3. The average Bonchev–Trinajstić information content (AvgIpc) is 3.12. The summed E-state index contributed by atoms with van der Waals surface area (Å²) in [7, 11) is 1.53. The molecular weight excluding hydrogens is 410 g/mol. The van der Waals surface area contributed by atoms with Gasteiger partial charge in [0.15, 0.2) is 5.75 Å². The van der Waals surface area contributed by atoms with Gasteiger partial charge in [-0.25, -0.2) is 9.48 Å². The van der Waals surface area contributed by atoms with E-state index in [1.54, 1.807) is 16.8 Å². The van der Waals surface area contributed by atoms with Crippen molar-refractivity contribution in [1.29, 1.82) is 0 Å². The molecule has 2 aliphatic rings. The highest BCUT2D eigenvalue weighted by Crippen LogP contribution is 2.39. The van der Waals surface area contributed by atoms with Gasteiger partial charge in [-0.05, 0) is 49.7 Å². The average molecular weight is 442 g/mol. The summed E-state index contributed by atoms with van der Waals surface area (Å²) in [6.45, 7) is 6.26. The standard InChI is InChI=1S/C24H31N3O5/c1-4-11-32-23(29)16-7-6-8-18(21(16)30-3)27-19-14-24(9-12-31-13-10-24)15-25-22(28)20(19)17(5-2)26-27/h6-8H,4-5,9-15H2,1-3H3,(H,25,28). The number of aryl methyl sites for hydroxylation is 1. The summed E-state index contributed by atoms with van der Waals surface area (Å²) >= 11 is 0. The first-order chi connectivity index (χ1) is 15.5. The van der Waals surface area contributed by atoms with E-state index < -0.39 is 5.97 Å². The lowest BCUT2D eigenvalue weighted by atomic mass is 9.76. The van der Waals surface area contributed by atoms with Crippen molar-refractivity contribution in [3.05, 3.63) is 40.7 Å². The van der Waals surface area contributed by atoms with Crippen molar-refractivity contribution in [1.82, 2.24) is 15.1 Å². The third-order valence-electron chi connectivity index (χ3n) is 6.42. The van der Waals surface area contributed by atoms with E-state index in [1.807, 2.05) is 19.9 Å². The maximum atomic E-state index is 13.1. The molecule has 4 rings (SSSR count). The molecule has 0 atom stereocenters. The lowest BCUT2D eigenvalue weighted by Crippen LogP contribution is -2.40. The summed E-state index contributed by atoms with van der Waals surface area (Å²) in [5.41, 5.74) is 3.13. The quantitative estimate of drug-likeness (QED) is 0.693. The number of rotatable bonds is 6. The number of methoxy groups -OCH3 is 1. The maximum Gasteiger partial charge on any atom is 0.342 e. The number of hydrogen-bond donors (Lipinski definition) is 1. The van der Waals surface area contributed by atoms with Gasteiger partial charge in [-0.15, -0.1) is 0 Å². The third-order valence-corrected chi connectivity index (χ3v) is 6.42. The van der Waals surface area contributed by atoms with Crippen LogP contribution in [0.15, 0.2) is 18.2 Å². The van der Waals surface area contributed by atoms with Crippen LogP contribution in [-0.2, 0) is 22.3 Å². The van der Waals surface area contributed by atoms with E-state index in [-0.39, 0.29) is 11.3 Å². The van der Waals surface area contributed by atoms with Gasteiger partial charge in [0, 0.05) is 19.8 Å². The van der Waals surface area contributed by atoms with Crippen LogP contribution in [0.1, 0.15) is 65.2 Å². The molecule has 1 aromatic heterocycles. The van der Waals surface area contributed by atoms with Crippen molar-refractivity contribution in [3.63, 3.8) is 0 Å². The van der Waals surface area contributed by atoms with Gasteiger partial charge in [0.05, 0.1) is 30.7 Å². The Kier molecular flexibility index (Phi) is 6.50. The highest BCUT2D eigenvalue weighted by atomic mass is 16.5. The van der Waals surface area contributed by atoms with Crippen LogP contribution in [0.5, 0.6) is 5.75 Å². The molecule has 0 saturated carbocycles. The Labute approximate surface area is 188 Å². The Morgan fingerprint density at radius 2 is 2.06 bits per heavy atom. The fraction of sp³-hybridized carbons (Fsp3) is 0.542. The summed E-state index contributed by atoms with van der Waals surface area (Å²) in [4.78, 5) is 25.8. The molecule has 1 saturated heterocycles. The van der Waals surface area contributed by atoms with Gasteiger partial charge in [0.2, 0.25) is 0 Å². The zero-order valence-corrected chi connectivity index (χ0v) is 19.0. The molecule has 0 radical (unpaired) electrons. The Hall–Kier alpha value is -2.87. The van der Waals surface area contributed by atoms with Gasteiger partial charge in [-0.1, -0.05) is 19.9 Å². The summed E-state index contributed by atoms with van der Waals surface area (Å²) in [5.74, 6) is -0.130. The van der Waals surface area contributed by atoms with Crippen LogP contribution in [0.2, 0.25) is 0 Å². The predicted octanol–water partition coefficient (Wildman–Crippen LogP) is 3.09. The number of para-hydroxylation sites is 1. The minimum Gasteiger partial charge on any atom is -0.494 e. The van der Waals surface area contributed by atoms with E-state index in [0.717, 1.165) is 30.7 Å². The van der Waals surface area contributed by atoms with Gasteiger partial charge >= 0.3 is 5.97 Å². The number of carbonyl (C=O) groups excluding carboxylic acids is 2. The van der Waals surface area contributed by atoms with Crippen molar-refractivity contribution >= 4 is 11.9 Å². The third kappa shape index (κ3) is 3.99. The normalized spacial score (nSPS) is 17.4. The Balaban J connectivity index is 1.85. The number of carbonyl (C=O) groups is 2. The number of hydrogen-bond acceptors (Lipinski definition) is 6. The van der Waals surface area contributed by atoms with Crippen molar-refractivity contribution in [2.45, 2.75) is 46.0 Å². The Bertz CT molecular complexity index is 1010. The number of nitrogens with zero attached hydrogens (tertiary/aromatic N) is 2. The molecule has 172 valence electrons. The topological polar surface area (TPSA) is 91.7 Å². The number of esters is 1. The molecule has 0 aliphatic carbocycles. The Morgan fingerprint density at radius 1 is 1.28 bits per heavy atom. The second-order valence-electron chi connectivity index (χ2n) is 8.50. The van der Waals surface area contributed by atoms with Crippen LogP contribution < -0.4 is 10.1 Å². The van der Waals surface area contributed by atoms with Crippen molar-refractivity contribution in [2.24, 2.45) is 5.41 Å². The molecule has 1 amide bonds. The molecule has 1 spiro atoms. The number of ether oxygens (including phenoxy) is 3. The number of benzene rings is 1. The highest BCUT2D eigenvalue weighted by Gasteiger charge is 2.40. The summed E-state index contributed by atoms with van der Waals surface area (Å²) in [5, 5.41) is 7.94. The molecular formula is C24H31N3O5. The number of nitrogens with one attached hydrogen (secondary N) is 1. The Morgan fingerprint density at radius 3 is 2.75 bits per heavy atom. The van der Waals surface area contributed by atoms with Crippen LogP contribution in [0.4, 0.5) is 0 Å². The molecule has 3 heterocycles. The molecule has 0 bridgehead atoms. The van der Waals surface area contributed by atoms with Crippen LogP contribution >= 0.6 is 0 Å². The molecule has 1 fully saturated rings. The predicted molar refractivity (Wildman–Crippen MR) is 119 cm³/mol. The van der Waals surface area contributed by atoms with Gasteiger partial charge < -0.3 is 19.5 Å². The molecule has 8 nitrogen and oxygen atoms in total. The molecule has 8 heteroatoms. The molecule has 2 aliphatic heterocycles. The van der Waals surface area contributed by atoms with Gasteiger partial charge in [0.25, 0.3) is 5.91 Å². The van der Waals surface area contributed by atoms with E-state index >= 15 is 0 Å². The number of fused-ring (bicyclic) bond motifs is 1. The second kappa shape index (κ2) is 9.32. The monoisotopic (exact) mass is 441 g/mol. The van der Waals surface area contributed by atoms with Crippen LogP contribution in [0.3, 0.4) is 0 Å². The van der Waals surface area contributed by atoms with E-state index in [0.29, 0.717) is 61.8 Å². The molecule has 2 aromatic rings. The fourth-order valence-corrected chi connectivity index (χ4v) is 4.65. The van der Waals surface area contributed by atoms with Crippen LogP contribution in [-0.4, -0.2) is 55.1 Å². The first kappa shape index (κ1) is 22.3. The second-order valence-corrected chi connectivity index (χ2v) is 8.50. The minimum atomic E-state index is -0.432. The zero-order chi connectivity index (χ0) is 22.7. The summed E-state index contributed by atoms with van der Waals surface area (Å²) < 4.78 is 18.4. The van der Waals surface area contributed by atoms with E-state index in [9.17, 15) is 9.59 Å². The summed E-state index contributed by atoms with van der Waals surface area (Å²) in [6, 6.07) is 5.35. The van der Waals surface area contributed by atoms with Crippen molar-refractivity contribution in [3.8, 4) is 11.4 Å². The molecule has 32 heavy (non-hydrogen) atoms. The number of amides is 1. The first-order valence-corrected chi connectivity index (χ1v) is 11.3. The van der Waals surface area contributed by atoms with Crippen LogP contribution in [0, 0.1) is 5.41 Å². The smallest absolute Gasteiger partial charge is 0.342 e. The lowest BCUT2D eigenvalue weighted by Gasteiger charge is -2.36. The van der Waals surface area contributed by atoms with Gasteiger partial charge in [-0.3, -0.25) is 4.79 Å². The van der Waals surface area contributed by atoms with Crippen molar-refractivity contribution < 1.29 is 23.8 Å². The molecule has 0 unspecified atom stereocenters. The summed E-state index contributed by atoms with van der Waals surface area (Å²) in [6.07, 6.45) is 3.81.